The Hall–Kier alpha value is -3.07. The molecule has 0 aliphatic heterocycles. The fourth-order valence-electron chi connectivity index (χ4n) is 3.36. The number of hydrogen-bond donors (Lipinski definition) is 0. The molecule has 3 nitrogen and oxygen atoms in total. The van der Waals surface area contributed by atoms with Gasteiger partial charge in [-0.15, -0.1) is 5.11 Å². The van der Waals surface area contributed by atoms with Crippen molar-refractivity contribution in [3.8, 4) is 0 Å². The average Bonchev–Trinajstić information content (AvgIpc) is 2.69. The fraction of sp³-hybridized carbons (Fsp3) is 0.296. The smallest absolute Gasteiger partial charge is 0.186 e. The minimum atomic E-state index is -0.272. The van der Waals surface area contributed by atoms with Gasteiger partial charge in [0, 0.05) is 22.3 Å². The van der Waals surface area contributed by atoms with Crippen LogP contribution < -0.4 is 0 Å². The van der Waals surface area contributed by atoms with Gasteiger partial charge in [0.1, 0.15) is 5.70 Å². The normalized spacial score (nSPS) is 15.3. The summed E-state index contributed by atoms with van der Waals surface area (Å²) in [5.74, 6) is 0.117. The molecule has 2 aromatic carbocycles. The van der Waals surface area contributed by atoms with Crippen LogP contribution in [0.15, 0.2) is 99.8 Å². The van der Waals surface area contributed by atoms with E-state index < -0.39 is 0 Å². The molecule has 0 amide bonds. The maximum atomic E-state index is 13.3. The number of rotatable bonds is 3. The summed E-state index contributed by atoms with van der Waals surface area (Å²) in [6, 6.07) is 19.7. The Kier molecular flexibility index (Phi) is 6.02. The summed E-state index contributed by atoms with van der Waals surface area (Å²) in [4.78, 5) is 13.3. The van der Waals surface area contributed by atoms with Crippen molar-refractivity contribution in [2.75, 3.05) is 0 Å². The van der Waals surface area contributed by atoms with Gasteiger partial charge in [-0.2, -0.15) is 5.11 Å². The van der Waals surface area contributed by atoms with Crippen LogP contribution in [0.1, 0.15) is 47.1 Å². The van der Waals surface area contributed by atoms with E-state index in [-0.39, 0.29) is 16.6 Å². The molecule has 0 atom stereocenters. The molecular weight excluding hydrogens is 368 g/mol. The summed E-state index contributed by atoms with van der Waals surface area (Å²) in [7, 11) is 0. The van der Waals surface area contributed by atoms with Gasteiger partial charge in [-0.1, -0.05) is 90.1 Å². The van der Waals surface area contributed by atoms with Crippen LogP contribution in [0.5, 0.6) is 0 Å². The first kappa shape index (κ1) is 21.6. The van der Waals surface area contributed by atoms with Crippen LogP contribution in [0, 0.1) is 10.8 Å². The molecule has 0 heterocycles. The number of Topliss-reactive ketones (excluding diaryl/α,β-unsaturated/α-hetero) is 1. The van der Waals surface area contributed by atoms with Crippen LogP contribution in [0.25, 0.3) is 5.70 Å². The Morgan fingerprint density at radius 2 is 1.17 bits per heavy atom. The second-order valence-electron chi connectivity index (χ2n) is 9.65. The molecule has 0 unspecified atom stereocenters. The van der Waals surface area contributed by atoms with Crippen LogP contribution in [0.3, 0.4) is 0 Å². The number of carbonyl (C=O) groups is 1. The maximum Gasteiger partial charge on any atom is 0.186 e. The molecule has 0 saturated carbocycles. The van der Waals surface area contributed by atoms with Gasteiger partial charge in [-0.3, -0.25) is 4.79 Å². The van der Waals surface area contributed by atoms with E-state index in [1.165, 1.54) is 0 Å². The van der Waals surface area contributed by atoms with Crippen LogP contribution in [0.4, 0.5) is 5.69 Å². The van der Waals surface area contributed by atoms with Crippen molar-refractivity contribution in [2.24, 2.45) is 21.1 Å². The lowest BCUT2D eigenvalue weighted by molar-refractivity contribution is -0.114. The minimum absolute atomic E-state index is 0.117. The van der Waals surface area contributed by atoms with E-state index in [4.69, 9.17) is 0 Å². The summed E-state index contributed by atoms with van der Waals surface area (Å²) >= 11 is 0. The zero-order chi connectivity index (χ0) is 21.9. The molecular formula is C27H30N2O. The van der Waals surface area contributed by atoms with Gasteiger partial charge in [0.05, 0.1) is 5.69 Å². The molecule has 3 heteroatoms. The molecule has 0 saturated heterocycles. The van der Waals surface area contributed by atoms with Crippen molar-refractivity contribution in [2.45, 2.75) is 41.5 Å². The van der Waals surface area contributed by atoms with Crippen LogP contribution >= 0.6 is 0 Å². The molecule has 0 fully saturated rings. The third-order valence-electron chi connectivity index (χ3n) is 5.05. The fourth-order valence-corrected chi connectivity index (χ4v) is 3.36. The second kappa shape index (κ2) is 8.35. The molecule has 1 aliphatic rings. The van der Waals surface area contributed by atoms with E-state index in [0.717, 1.165) is 33.7 Å². The molecule has 0 spiro atoms. The third kappa shape index (κ3) is 4.91. The monoisotopic (exact) mass is 398 g/mol. The minimum Gasteiger partial charge on any atom is -0.289 e. The molecule has 0 bridgehead atoms. The largest absolute Gasteiger partial charge is 0.289 e. The van der Waals surface area contributed by atoms with Gasteiger partial charge in [-0.25, -0.2) is 0 Å². The van der Waals surface area contributed by atoms with Gasteiger partial charge in [-0.05, 0) is 35.1 Å². The number of ketones is 1. The number of nitrogens with zero attached hydrogens (tertiary/aromatic N) is 2. The Morgan fingerprint density at radius 1 is 0.700 bits per heavy atom. The number of azo groups is 1. The van der Waals surface area contributed by atoms with Crippen molar-refractivity contribution >= 4 is 17.2 Å². The van der Waals surface area contributed by atoms with Gasteiger partial charge < -0.3 is 0 Å². The van der Waals surface area contributed by atoms with Crippen LogP contribution in [-0.4, -0.2) is 5.78 Å². The number of benzene rings is 2. The average molecular weight is 399 g/mol. The molecule has 0 radical (unpaired) electrons. The molecule has 3 rings (SSSR count). The van der Waals surface area contributed by atoms with E-state index in [2.05, 4.69) is 51.8 Å². The van der Waals surface area contributed by atoms with Gasteiger partial charge >= 0.3 is 0 Å². The lowest BCUT2D eigenvalue weighted by Gasteiger charge is -2.31. The quantitative estimate of drug-likeness (QED) is 0.488. The van der Waals surface area contributed by atoms with Crippen molar-refractivity contribution in [1.82, 2.24) is 0 Å². The molecule has 1 aliphatic carbocycles. The van der Waals surface area contributed by atoms with E-state index in [1.807, 2.05) is 72.8 Å². The van der Waals surface area contributed by atoms with E-state index in [1.54, 1.807) is 0 Å². The molecule has 154 valence electrons. The lowest BCUT2D eigenvalue weighted by Crippen LogP contribution is -2.28. The van der Waals surface area contributed by atoms with Crippen molar-refractivity contribution < 1.29 is 4.79 Å². The Labute approximate surface area is 179 Å². The summed E-state index contributed by atoms with van der Waals surface area (Å²) in [5.41, 5.74) is 4.48. The highest BCUT2D eigenvalue weighted by atomic mass is 16.1. The Bertz CT molecular complexity index is 1010. The zero-order valence-electron chi connectivity index (χ0n) is 18.7. The number of allylic oxidation sites excluding steroid dienone is 5. The van der Waals surface area contributed by atoms with E-state index in [0.29, 0.717) is 0 Å². The SMILES string of the molecule is CC(C)(C)C1=CC(=C(N=Nc2ccccc2)c2ccccc2)C=C(C(C)(C)C)C1=O. The van der Waals surface area contributed by atoms with Gasteiger partial charge in [0.2, 0.25) is 0 Å². The number of carbonyl (C=O) groups excluding carboxylic acids is 1. The second-order valence-corrected chi connectivity index (χ2v) is 9.65. The maximum absolute atomic E-state index is 13.3. The van der Waals surface area contributed by atoms with E-state index >= 15 is 0 Å². The summed E-state index contributed by atoms with van der Waals surface area (Å²) in [5, 5.41) is 9.13. The topological polar surface area (TPSA) is 41.8 Å². The number of hydrogen-bond acceptors (Lipinski definition) is 3. The summed E-state index contributed by atoms with van der Waals surface area (Å²) in [6.07, 6.45) is 3.98. The Morgan fingerprint density at radius 3 is 1.63 bits per heavy atom. The van der Waals surface area contributed by atoms with Crippen LogP contribution in [-0.2, 0) is 4.79 Å². The van der Waals surface area contributed by atoms with E-state index in [9.17, 15) is 4.79 Å². The first-order valence-electron chi connectivity index (χ1n) is 10.3. The van der Waals surface area contributed by atoms with Crippen molar-refractivity contribution in [3.63, 3.8) is 0 Å². The molecule has 30 heavy (non-hydrogen) atoms. The standard InChI is InChI=1S/C27H30N2O/c1-26(2,3)22-17-20(18-23(25(22)30)27(4,5)6)24(19-13-9-7-10-14-19)29-28-21-15-11-8-12-16-21/h7-18H,1-6H3. The third-order valence-corrected chi connectivity index (χ3v) is 5.05. The summed E-state index contributed by atoms with van der Waals surface area (Å²) in [6.45, 7) is 12.5. The Balaban J connectivity index is 2.27. The van der Waals surface area contributed by atoms with Crippen molar-refractivity contribution in [3.05, 3.63) is 95.1 Å². The predicted molar refractivity (Wildman–Crippen MR) is 124 cm³/mol. The highest BCUT2D eigenvalue weighted by Crippen LogP contribution is 2.40. The highest BCUT2D eigenvalue weighted by Gasteiger charge is 2.34. The van der Waals surface area contributed by atoms with Crippen LogP contribution in [0.2, 0.25) is 0 Å². The van der Waals surface area contributed by atoms with Crippen molar-refractivity contribution in [1.29, 1.82) is 0 Å². The van der Waals surface area contributed by atoms with Gasteiger partial charge in [0.15, 0.2) is 5.78 Å². The first-order valence-corrected chi connectivity index (χ1v) is 10.3. The predicted octanol–water partition coefficient (Wildman–Crippen LogP) is 7.71. The zero-order valence-corrected chi connectivity index (χ0v) is 18.7. The molecule has 0 N–H and O–H groups in total. The lowest BCUT2D eigenvalue weighted by atomic mass is 9.71. The molecule has 0 aromatic heterocycles. The van der Waals surface area contributed by atoms with Gasteiger partial charge in [0.25, 0.3) is 0 Å². The first-order chi connectivity index (χ1) is 14.1. The summed E-state index contributed by atoms with van der Waals surface area (Å²) < 4.78 is 0. The highest BCUT2D eigenvalue weighted by molar-refractivity contribution is 6.12. The molecule has 2 aromatic rings.